The van der Waals surface area contributed by atoms with E-state index in [0.717, 1.165) is 44.4 Å². The van der Waals surface area contributed by atoms with E-state index in [9.17, 15) is 0 Å². The van der Waals surface area contributed by atoms with Crippen LogP contribution in [-0.2, 0) is 6.54 Å². The van der Waals surface area contributed by atoms with Crippen LogP contribution >= 0.6 is 11.3 Å². The van der Waals surface area contributed by atoms with Gasteiger partial charge < -0.3 is 15.5 Å². The van der Waals surface area contributed by atoms with E-state index < -0.39 is 0 Å². The summed E-state index contributed by atoms with van der Waals surface area (Å²) in [6.07, 6.45) is 3.63. The van der Waals surface area contributed by atoms with Crippen LogP contribution in [0.15, 0.2) is 61.0 Å². The number of benzene rings is 1. The van der Waals surface area contributed by atoms with Crippen LogP contribution in [0.25, 0.3) is 10.1 Å². The summed E-state index contributed by atoms with van der Waals surface area (Å²) in [6, 6.07) is 11.0. The normalized spacial score (nSPS) is 14.6. The molecular formula is C23H28N6S. The lowest BCUT2D eigenvalue weighted by molar-refractivity contribution is 0.249. The van der Waals surface area contributed by atoms with Gasteiger partial charge in [-0.25, -0.2) is 0 Å². The summed E-state index contributed by atoms with van der Waals surface area (Å²) in [5.74, 6) is 2.37. The summed E-state index contributed by atoms with van der Waals surface area (Å²) in [5.41, 5.74) is 1.38. The highest BCUT2D eigenvalue weighted by Gasteiger charge is 2.19. The van der Waals surface area contributed by atoms with Crippen LogP contribution < -0.4 is 15.5 Å². The van der Waals surface area contributed by atoms with E-state index in [1.165, 1.54) is 15.6 Å². The molecule has 0 unspecified atom stereocenters. The Morgan fingerprint density at radius 3 is 2.57 bits per heavy atom. The Hall–Kier alpha value is -2.90. The number of hydrogen-bond donors (Lipinski definition) is 2. The molecule has 2 aromatic heterocycles. The van der Waals surface area contributed by atoms with Gasteiger partial charge in [0.1, 0.15) is 11.6 Å². The summed E-state index contributed by atoms with van der Waals surface area (Å²) in [6.45, 7) is 13.7. The molecule has 0 radical (unpaired) electrons. The monoisotopic (exact) mass is 420 g/mol. The molecule has 1 aliphatic rings. The van der Waals surface area contributed by atoms with Crippen molar-refractivity contribution in [2.45, 2.75) is 6.54 Å². The molecule has 1 fully saturated rings. The van der Waals surface area contributed by atoms with E-state index in [1.54, 1.807) is 17.4 Å². The molecule has 1 aliphatic heterocycles. The lowest BCUT2D eigenvalue weighted by Gasteiger charge is -2.35. The van der Waals surface area contributed by atoms with E-state index in [0.29, 0.717) is 19.0 Å². The molecule has 3 aromatic rings. The molecule has 7 heteroatoms. The largest absolute Gasteiger partial charge is 0.366 e. The van der Waals surface area contributed by atoms with Gasteiger partial charge in [0.25, 0.3) is 0 Å². The molecule has 2 N–H and O–H groups in total. The Bertz CT molecular complexity index is 976. The van der Waals surface area contributed by atoms with Gasteiger partial charge in [-0.3, -0.25) is 4.90 Å². The first kappa shape index (κ1) is 20.4. The number of thiophene rings is 1. The smallest absolute Gasteiger partial charge is 0.226 e. The first-order chi connectivity index (χ1) is 14.7. The zero-order chi connectivity index (χ0) is 20.8. The quantitative estimate of drug-likeness (QED) is 0.506. The van der Waals surface area contributed by atoms with Gasteiger partial charge >= 0.3 is 0 Å². The number of aromatic nitrogens is 2. The minimum atomic E-state index is 0.616. The molecule has 0 saturated carbocycles. The lowest BCUT2D eigenvalue weighted by atomic mass is 10.1. The Labute approximate surface area is 181 Å². The summed E-state index contributed by atoms with van der Waals surface area (Å²) in [7, 11) is 0. The molecule has 3 heterocycles. The topological polar surface area (TPSA) is 56.3 Å². The number of fused-ring (bicyclic) bond motifs is 1. The van der Waals surface area contributed by atoms with Gasteiger partial charge in [-0.15, -0.1) is 24.5 Å². The van der Waals surface area contributed by atoms with Crippen LogP contribution in [-0.4, -0.2) is 54.1 Å². The fraction of sp³-hybridized carbons (Fsp3) is 0.304. The maximum atomic E-state index is 4.71. The molecule has 30 heavy (non-hydrogen) atoms. The maximum Gasteiger partial charge on any atom is 0.226 e. The highest BCUT2D eigenvalue weighted by atomic mass is 32.1. The van der Waals surface area contributed by atoms with Crippen molar-refractivity contribution in [3.8, 4) is 0 Å². The molecular weight excluding hydrogens is 392 g/mol. The van der Waals surface area contributed by atoms with Crippen molar-refractivity contribution in [3.05, 3.63) is 66.6 Å². The third-order valence-corrected chi connectivity index (χ3v) is 6.06. The van der Waals surface area contributed by atoms with Crippen molar-refractivity contribution >= 4 is 39.0 Å². The predicted octanol–water partition coefficient (Wildman–Crippen LogP) is 4.21. The van der Waals surface area contributed by atoms with Crippen molar-refractivity contribution < 1.29 is 0 Å². The van der Waals surface area contributed by atoms with Crippen molar-refractivity contribution in [3.63, 3.8) is 0 Å². The third kappa shape index (κ3) is 4.98. The Balaban J connectivity index is 1.40. The van der Waals surface area contributed by atoms with Crippen LogP contribution in [0, 0.1) is 0 Å². The van der Waals surface area contributed by atoms with Crippen LogP contribution in [0.4, 0.5) is 17.6 Å². The summed E-state index contributed by atoms with van der Waals surface area (Å²) >= 11 is 1.80. The Morgan fingerprint density at radius 2 is 1.77 bits per heavy atom. The zero-order valence-corrected chi connectivity index (χ0v) is 18.0. The van der Waals surface area contributed by atoms with Crippen molar-refractivity contribution in [1.82, 2.24) is 14.9 Å². The van der Waals surface area contributed by atoms with E-state index in [1.807, 2.05) is 12.1 Å². The van der Waals surface area contributed by atoms with E-state index >= 15 is 0 Å². The van der Waals surface area contributed by atoms with Gasteiger partial charge in [0, 0.05) is 56.6 Å². The number of piperazine rings is 1. The van der Waals surface area contributed by atoms with Gasteiger partial charge in [-0.2, -0.15) is 9.97 Å². The molecule has 0 spiro atoms. The minimum absolute atomic E-state index is 0.616. The van der Waals surface area contributed by atoms with Crippen LogP contribution in [0.1, 0.15) is 5.56 Å². The molecule has 156 valence electrons. The molecule has 6 nitrogen and oxygen atoms in total. The van der Waals surface area contributed by atoms with Crippen LogP contribution in [0.5, 0.6) is 0 Å². The average molecular weight is 421 g/mol. The first-order valence-electron chi connectivity index (χ1n) is 10.3. The number of rotatable bonds is 9. The van der Waals surface area contributed by atoms with Crippen molar-refractivity contribution in [2.75, 3.05) is 54.8 Å². The molecule has 0 amide bonds. The molecule has 1 aromatic carbocycles. The Morgan fingerprint density at radius 1 is 0.967 bits per heavy atom. The van der Waals surface area contributed by atoms with Gasteiger partial charge in [-0.05, 0) is 34.5 Å². The second-order valence-electron chi connectivity index (χ2n) is 7.33. The second kappa shape index (κ2) is 9.73. The number of hydrogen-bond acceptors (Lipinski definition) is 7. The molecule has 0 atom stereocenters. The van der Waals surface area contributed by atoms with Crippen LogP contribution in [0.2, 0.25) is 0 Å². The molecule has 4 rings (SSSR count). The zero-order valence-electron chi connectivity index (χ0n) is 17.2. The lowest BCUT2D eigenvalue weighted by Crippen LogP contribution is -2.46. The van der Waals surface area contributed by atoms with Gasteiger partial charge in [-0.1, -0.05) is 18.2 Å². The molecule has 0 aliphatic carbocycles. The summed E-state index contributed by atoms with van der Waals surface area (Å²) in [5, 5.41) is 9.98. The summed E-state index contributed by atoms with van der Waals surface area (Å²) in [4.78, 5) is 14.1. The summed E-state index contributed by atoms with van der Waals surface area (Å²) < 4.78 is 1.36. The fourth-order valence-corrected chi connectivity index (χ4v) is 4.38. The highest BCUT2D eigenvalue weighted by molar-refractivity contribution is 7.17. The van der Waals surface area contributed by atoms with Crippen molar-refractivity contribution in [2.24, 2.45) is 0 Å². The number of nitrogens with one attached hydrogen (secondary N) is 2. The maximum absolute atomic E-state index is 4.71. The number of nitrogens with zero attached hydrogens (tertiary/aromatic N) is 4. The van der Waals surface area contributed by atoms with E-state index in [4.69, 9.17) is 4.98 Å². The van der Waals surface area contributed by atoms with E-state index in [-0.39, 0.29) is 0 Å². The minimum Gasteiger partial charge on any atom is -0.366 e. The van der Waals surface area contributed by atoms with Gasteiger partial charge in [0.15, 0.2) is 0 Å². The van der Waals surface area contributed by atoms with Gasteiger partial charge in [0.2, 0.25) is 5.95 Å². The van der Waals surface area contributed by atoms with E-state index in [2.05, 4.69) is 68.2 Å². The first-order valence-corrected chi connectivity index (χ1v) is 11.1. The van der Waals surface area contributed by atoms with Crippen LogP contribution in [0.3, 0.4) is 0 Å². The third-order valence-electron chi connectivity index (χ3n) is 5.16. The second-order valence-corrected chi connectivity index (χ2v) is 8.28. The van der Waals surface area contributed by atoms with Crippen molar-refractivity contribution in [1.29, 1.82) is 0 Å². The Kier molecular flexibility index (Phi) is 6.61. The predicted molar refractivity (Wildman–Crippen MR) is 129 cm³/mol. The fourth-order valence-electron chi connectivity index (χ4n) is 3.61. The van der Waals surface area contributed by atoms with Gasteiger partial charge in [0.05, 0.1) is 0 Å². The average Bonchev–Trinajstić information content (AvgIpc) is 3.24. The molecule has 1 saturated heterocycles. The molecule has 0 bridgehead atoms. The number of anilines is 3. The standard InChI is InChI=1S/C23H28N6S/c1-3-8-24-21-16-22(27-23(26-21)25-9-4-2)29-12-10-28(11-13-29)17-18-5-6-20-19(15-18)7-14-30-20/h3-7,14-16H,1-2,8-13,17H2,(H2,24,25,26,27). The highest BCUT2D eigenvalue weighted by Crippen LogP contribution is 2.24. The SMILES string of the molecule is C=CCNc1cc(N2CCN(Cc3ccc4sccc4c3)CC2)nc(NCC=C)n1.